The van der Waals surface area contributed by atoms with Gasteiger partial charge in [-0.15, -0.1) is 0 Å². The van der Waals surface area contributed by atoms with E-state index in [1.807, 2.05) is 11.1 Å². The predicted molar refractivity (Wildman–Crippen MR) is 129 cm³/mol. The van der Waals surface area contributed by atoms with Crippen LogP contribution in [-0.4, -0.2) is 76.0 Å². The Kier molecular flexibility index (Phi) is 8.33. The predicted octanol–water partition coefficient (Wildman–Crippen LogP) is 3.05. The highest BCUT2D eigenvalue weighted by Gasteiger charge is 2.24. The largest absolute Gasteiger partial charge is 0.483 e. The summed E-state index contributed by atoms with van der Waals surface area (Å²) in [7, 11) is 0. The normalized spacial score (nSPS) is 16.9. The lowest BCUT2D eigenvalue weighted by Gasteiger charge is -2.34. The Morgan fingerprint density at radius 2 is 1.88 bits per heavy atom. The lowest BCUT2D eigenvalue weighted by atomic mass is 10.1. The van der Waals surface area contributed by atoms with Crippen molar-refractivity contribution in [3.8, 4) is 0 Å². The molecule has 1 aliphatic heterocycles. The summed E-state index contributed by atoms with van der Waals surface area (Å²) in [4.78, 5) is 28.6. The first kappa shape index (κ1) is 24.3. The molecule has 1 aromatic heterocycles. The third-order valence-corrected chi connectivity index (χ3v) is 6.45. The Balaban J connectivity index is 0.000000913. The monoisotopic (exact) mass is 459 g/mol. The lowest BCUT2D eigenvalue weighted by Crippen LogP contribution is -2.50. The van der Waals surface area contributed by atoms with Crippen molar-refractivity contribution in [2.24, 2.45) is 0 Å². The first-order valence-electron chi connectivity index (χ1n) is 11.0. The minimum atomic E-state index is -0.250. The van der Waals surface area contributed by atoms with Gasteiger partial charge in [0.2, 0.25) is 5.91 Å². The van der Waals surface area contributed by atoms with Crippen molar-refractivity contribution in [3.63, 3.8) is 0 Å². The molecule has 2 aliphatic rings. The first-order valence-corrected chi connectivity index (χ1v) is 11.8. The van der Waals surface area contributed by atoms with Crippen LogP contribution >= 0.6 is 11.9 Å². The fourth-order valence-electron chi connectivity index (χ4n) is 3.41. The summed E-state index contributed by atoms with van der Waals surface area (Å²) in [6, 6.07) is 9.13. The number of nitrogens with zero attached hydrogens (tertiary/aromatic N) is 3. The number of fused-ring (bicyclic) bond motifs is 1. The van der Waals surface area contributed by atoms with Crippen molar-refractivity contribution >= 4 is 40.9 Å². The second-order valence-electron chi connectivity index (χ2n) is 9.04. The maximum atomic E-state index is 12.4. The van der Waals surface area contributed by atoms with Crippen molar-refractivity contribution in [1.29, 1.82) is 0 Å². The summed E-state index contributed by atoms with van der Waals surface area (Å²) in [5.41, 5.74) is -0.0379. The SMILES string of the molecule is CC(C)(C)NCC(=O)N1CCN(Sc2cccc3c(NC4CC4)nccc23)CC1.O=CO. The van der Waals surface area contributed by atoms with Crippen LogP contribution in [0.4, 0.5) is 5.82 Å². The van der Waals surface area contributed by atoms with E-state index >= 15 is 0 Å². The van der Waals surface area contributed by atoms with Gasteiger partial charge in [0.1, 0.15) is 5.82 Å². The number of carboxylic acid groups (broad SMARTS) is 1. The number of carbonyl (C=O) groups is 2. The maximum absolute atomic E-state index is 12.4. The summed E-state index contributed by atoms with van der Waals surface area (Å²) < 4.78 is 2.37. The molecule has 8 nitrogen and oxygen atoms in total. The number of piperazine rings is 1. The maximum Gasteiger partial charge on any atom is 0.290 e. The molecule has 0 radical (unpaired) electrons. The smallest absolute Gasteiger partial charge is 0.290 e. The molecule has 1 saturated heterocycles. The third kappa shape index (κ3) is 7.08. The van der Waals surface area contributed by atoms with E-state index in [4.69, 9.17) is 9.90 Å². The minimum Gasteiger partial charge on any atom is -0.483 e. The number of aromatic nitrogens is 1. The number of carbonyl (C=O) groups excluding carboxylic acids is 1. The fourth-order valence-corrected chi connectivity index (χ4v) is 4.45. The highest BCUT2D eigenvalue weighted by Crippen LogP contribution is 2.34. The molecule has 0 atom stereocenters. The zero-order valence-corrected chi connectivity index (χ0v) is 19.8. The first-order chi connectivity index (χ1) is 15.3. The Morgan fingerprint density at radius 1 is 1.19 bits per heavy atom. The highest BCUT2D eigenvalue weighted by atomic mass is 32.2. The van der Waals surface area contributed by atoms with Crippen LogP contribution in [0.25, 0.3) is 10.8 Å². The van der Waals surface area contributed by atoms with Crippen molar-refractivity contribution in [2.75, 3.05) is 38.0 Å². The van der Waals surface area contributed by atoms with Crippen LogP contribution in [0.15, 0.2) is 35.4 Å². The molecule has 2 aromatic rings. The number of rotatable bonds is 6. The third-order valence-electron chi connectivity index (χ3n) is 5.27. The molecule has 32 heavy (non-hydrogen) atoms. The van der Waals surface area contributed by atoms with Crippen LogP contribution < -0.4 is 10.6 Å². The Hall–Kier alpha value is -2.36. The number of amides is 1. The molecule has 1 amide bonds. The van der Waals surface area contributed by atoms with Crippen LogP contribution in [0.1, 0.15) is 33.6 Å². The molecule has 2 heterocycles. The van der Waals surface area contributed by atoms with Gasteiger partial charge in [0.25, 0.3) is 6.47 Å². The number of hydrogen-bond donors (Lipinski definition) is 3. The van der Waals surface area contributed by atoms with Crippen LogP contribution in [0.2, 0.25) is 0 Å². The van der Waals surface area contributed by atoms with Crippen molar-refractivity contribution < 1.29 is 14.7 Å². The molecule has 4 rings (SSSR count). The highest BCUT2D eigenvalue weighted by molar-refractivity contribution is 7.97. The quantitative estimate of drug-likeness (QED) is 0.448. The molecule has 9 heteroatoms. The average molecular weight is 460 g/mol. The summed E-state index contributed by atoms with van der Waals surface area (Å²) in [6.45, 7) is 9.71. The van der Waals surface area contributed by atoms with Gasteiger partial charge in [0.15, 0.2) is 0 Å². The van der Waals surface area contributed by atoms with E-state index in [-0.39, 0.29) is 17.9 Å². The number of pyridine rings is 1. The van der Waals surface area contributed by atoms with Crippen LogP contribution in [0.3, 0.4) is 0 Å². The fraction of sp³-hybridized carbons (Fsp3) is 0.522. The summed E-state index contributed by atoms with van der Waals surface area (Å²) in [5.74, 6) is 1.19. The molecular weight excluding hydrogens is 426 g/mol. The number of hydrogen-bond acceptors (Lipinski definition) is 7. The standard InChI is InChI=1S/C22H31N5OS.CH2O2/c1-22(2,3)24-15-20(28)26-11-13-27(14-12-26)29-19-6-4-5-18-17(19)9-10-23-21(18)25-16-7-8-16;2-1-3/h4-6,9-10,16,24H,7-8,11-15H2,1-3H3,(H,23,25);1H,(H,2,3). The molecule has 1 aromatic carbocycles. The van der Waals surface area contributed by atoms with Gasteiger partial charge < -0.3 is 20.6 Å². The summed E-state index contributed by atoms with van der Waals surface area (Å²) in [5, 5.41) is 16.2. The van der Waals surface area contributed by atoms with Crippen molar-refractivity contribution in [1.82, 2.24) is 19.5 Å². The van der Waals surface area contributed by atoms with Gasteiger partial charge in [-0.3, -0.25) is 9.59 Å². The molecule has 1 aliphatic carbocycles. The summed E-state index contributed by atoms with van der Waals surface area (Å²) in [6.07, 6.45) is 4.37. The lowest BCUT2D eigenvalue weighted by molar-refractivity contribution is -0.131. The van der Waals surface area contributed by atoms with E-state index in [1.165, 1.54) is 28.5 Å². The van der Waals surface area contributed by atoms with Gasteiger partial charge in [-0.2, -0.15) is 0 Å². The molecule has 1 saturated carbocycles. The molecule has 0 spiro atoms. The van der Waals surface area contributed by atoms with Gasteiger partial charge in [-0.05, 0) is 57.7 Å². The number of nitrogens with one attached hydrogen (secondary N) is 2. The van der Waals surface area contributed by atoms with Crippen molar-refractivity contribution in [2.45, 2.75) is 50.1 Å². The number of anilines is 1. The van der Waals surface area contributed by atoms with E-state index in [9.17, 15) is 4.79 Å². The molecule has 2 fully saturated rings. The van der Waals surface area contributed by atoms with E-state index < -0.39 is 0 Å². The summed E-state index contributed by atoms with van der Waals surface area (Å²) >= 11 is 1.79. The van der Waals surface area contributed by atoms with Gasteiger partial charge in [-0.25, -0.2) is 9.29 Å². The second kappa shape index (κ2) is 11.0. The van der Waals surface area contributed by atoms with Crippen molar-refractivity contribution in [3.05, 3.63) is 30.5 Å². The topological polar surface area (TPSA) is 97.8 Å². The van der Waals surface area contributed by atoms with Crippen LogP contribution in [0.5, 0.6) is 0 Å². The van der Waals surface area contributed by atoms with Gasteiger partial charge >= 0.3 is 0 Å². The molecule has 0 unspecified atom stereocenters. The Labute approximate surface area is 193 Å². The number of benzene rings is 1. The zero-order chi connectivity index (χ0) is 23.1. The van der Waals surface area contributed by atoms with Crippen LogP contribution in [0, 0.1) is 0 Å². The minimum absolute atomic E-state index is 0.0379. The van der Waals surface area contributed by atoms with E-state index in [2.05, 4.69) is 65.0 Å². The van der Waals surface area contributed by atoms with E-state index in [1.54, 1.807) is 11.9 Å². The molecule has 174 valence electrons. The Morgan fingerprint density at radius 3 is 2.50 bits per heavy atom. The van der Waals surface area contributed by atoms with Gasteiger partial charge in [-0.1, -0.05) is 12.1 Å². The average Bonchev–Trinajstić information content (AvgIpc) is 3.57. The van der Waals surface area contributed by atoms with E-state index in [0.717, 1.165) is 32.0 Å². The molecular formula is C23H33N5O3S. The molecule has 3 N–H and O–H groups in total. The van der Waals surface area contributed by atoms with Gasteiger partial charge in [0, 0.05) is 59.6 Å². The van der Waals surface area contributed by atoms with Gasteiger partial charge in [0.05, 0.1) is 6.54 Å². The second-order valence-corrected chi connectivity index (χ2v) is 10.2. The van der Waals surface area contributed by atoms with E-state index in [0.29, 0.717) is 12.6 Å². The molecule has 0 bridgehead atoms. The van der Waals surface area contributed by atoms with Crippen LogP contribution in [-0.2, 0) is 9.59 Å². The zero-order valence-electron chi connectivity index (χ0n) is 19.0. The Bertz CT molecular complexity index is 921.